The van der Waals surface area contributed by atoms with Gasteiger partial charge in [-0.25, -0.2) is 0 Å². The molecule has 0 saturated heterocycles. The van der Waals surface area contributed by atoms with Crippen molar-refractivity contribution >= 4 is 0 Å². The second-order valence-electron chi connectivity index (χ2n) is 5.89. The third kappa shape index (κ3) is 6.23. The number of rotatable bonds is 6. The lowest BCUT2D eigenvalue weighted by Gasteiger charge is -2.27. The third-order valence-corrected chi connectivity index (χ3v) is 3.38. The smallest absolute Gasteiger partial charge is 0.0279 e. The fourth-order valence-corrected chi connectivity index (χ4v) is 2.57. The molecule has 0 aliphatic heterocycles. The molecule has 2 heteroatoms. The molecule has 1 rings (SSSR count). The Morgan fingerprint density at radius 2 is 2.12 bits per heavy atom. The first-order valence-corrected chi connectivity index (χ1v) is 7.18. The maximum absolute atomic E-state index is 3.74. The molecule has 100 valence electrons. The van der Waals surface area contributed by atoms with Crippen molar-refractivity contribution in [3.05, 3.63) is 11.6 Å². The maximum atomic E-state index is 3.74. The van der Waals surface area contributed by atoms with Gasteiger partial charge < -0.3 is 10.2 Å². The molecule has 1 fully saturated rings. The van der Waals surface area contributed by atoms with Crippen molar-refractivity contribution in [2.24, 2.45) is 5.92 Å². The molecule has 0 radical (unpaired) electrons. The van der Waals surface area contributed by atoms with Crippen molar-refractivity contribution in [3.8, 4) is 0 Å². The average molecular weight is 238 g/mol. The number of nitrogens with one attached hydrogen (secondary N) is 1. The number of hydrogen-bond acceptors (Lipinski definition) is 2. The molecule has 0 amide bonds. The van der Waals surface area contributed by atoms with Gasteiger partial charge >= 0.3 is 0 Å². The van der Waals surface area contributed by atoms with Crippen LogP contribution in [0, 0.1) is 5.92 Å². The van der Waals surface area contributed by atoms with E-state index < -0.39 is 0 Å². The standard InChI is InChI=1S/C15H30N2/c1-13(2)12-14-8-5-6-9-15(14)16-10-7-11-17(3)4/h12-13,15-16H,5-11H2,1-4H3/b14-12+/t15-/m1/s1. The zero-order valence-electron chi connectivity index (χ0n) is 12.1. The van der Waals surface area contributed by atoms with Gasteiger partial charge in [0.15, 0.2) is 0 Å². The topological polar surface area (TPSA) is 15.3 Å². The zero-order valence-corrected chi connectivity index (χ0v) is 12.1. The third-order valence-electron chi connectivity index (χ3n) is 3.38. The number of allylic oxidation sites excluding steroid dienone is 1. The van der Waals surface area contributed by atoms with Crippen LogP contribution in [0.1, 0.15) is 46.0 Å². The predicted octanol–water partition coefficient (Wildman–Crippen LogP) is 3.05. The molecule has 0 spiro atoms. The Labute approximate surface area is 107 Å². The van der Waals surface area contributed by atoms with Gasteiger partial charge in [0, 0.05) is 6.04 Å². The van der Waals surface area contributed by atoms with E-state index in [-0.39, 0.29) is 0 Å². The minimum Gasteiger partial charge on any atom is -0.310 e. The summed E-state index contributed by atoms with van der Waals surface area (Å²) >= 11 is 0. The van der Waals surface area contributed by atoms with Gasteiger partial charge in [0.25, 0.3) is 0 Å². The summed E-state index contributed by atoms with van der Waals surface area (Å²) in [6.45, 7) is 6.90. The lowest BCUT2D eigenvalue weighted by molar-refractivity contribution is 0.379. The summed E-state index contributed by atoms with van der Waals surface area (Å²) in [6.07, 6.45) is 9.14. The van der Waals surface area contributed by atoms with E-state index in [1.54, 1.807) is 5.57 Å². The highest BCUT2D eigenvalue weighted by Gasteiger charge is 2.17. The second-order valence-corrected chi connectivity index (χ2v) is 5.89. The minimum absolute atomic E-state index is 0.660. The Morgan fingerprint density at radius 3 is 2.76 bits per heavy atom. The number of nitrogens with zero attached hydrogens (tertiary/aromatic N) is 1. The minimum atomic E-state index is 0.660. The lowest BCUT2D eigenvalue weighted by Crippen LogP contribution is -2.35. The first-order chi connectivity index (χ1) is 8.09. The van der Waals surface area contributed by atoms with Crippen molar-refractivity contribution in [1.29, 1.82) is 0 Å². The first kappa shape index (κ1) is 14.7. The van der Waals surface area contributed by atoms with Crippen LogP contribution in [0.4, 0.5) is 0 Å². The molecule has 1 aliphatic carbocycles. The fraction of sp³-hybridized carbons (Fsp3) is 0.867. The molecule has 0 aromatic carbocycles. The molecule has 0 aromatic rings. The van der Waals surface area contributed by atoms with Gasteiger partial charge in [0.1, 0.15) is 0 Å². The van der Waals surface area contributed by atoms with Crippen molar-refractivity contribution < 1.29 is 0 Å². The van der Waals surface area contributed by atoms with Gasteiger partial charge in [-0.15, -0.1) is 0 Å². The monoisotopic (exact) mass is 238 g/mol. The van der Waals surface area contributed by atoms with E-state index in [4.69, 9.17) is 0 Å². The quantitative estimate of drug-likeness (QED) is 0.565. The van der Waals surface area contributed by atoms with E-state index >= 15 is 0 Å². The van der Waals surface area contributed by atoms with Crippen molar-refractivity contribution in [2.75, 3.05) is 27.2 Å². The molecule has 0 bridgehead atoms. The van der Waals surface area contributed by atoms with E-state index in [0.717, 1.165) is 6.54 Å². The summed E-state index contributed by atoms with van der Waals surface area (Å²) in [7, 11) is 4.29. The molecule has 17 heavy (non-hydrogen) atoms. The van der Waals surface area contributed by atoms with Crippen molar-refractivity contribution in [3.63, 3.8) is 0 Å². The largest absolute Gasteiger partial charge is 0.310 e. The van der Waals surface area contributed by atoms with Crippen LogP contribution in [0.2, 0.25) is 0 Å². The summed E-state index contributed by atoms with van der Waals surface area (Å²) in [4.78, 5) is 2.26. The molecule has 1 atom stereocenters. The van der Waals surface area contributed by atoms with Gasteiger partial charge in [-0.2, -0.15) is 0 Å². The van der Waals surface area contributed by atoms with Crippen molar-refractivity contribution in [2.45, 2.75) is 52.0 Å². The van der Waals surface area contributed by atoms with E-state index in [0.29, 0.717) is 12.0 Å². The Kier molecular flexibility index (Phi) is 6.83. The highest BCUT2D eigenvalue weighted by molar-refractivity contribution is 5.14. The normalized spacial score (nSPS) is 23.9. The maximum Gasteiger partial charge on any atom is 0.0279 e. The van der Waals surface area contributed by atoms with Gasteiger partial charge in [0.05, 0.1) is 0 Å². The van der Waals surface area contributed by atoms with Crippen LogP contribution in [0.25, 0.3) is 0 Å². The predicted molar refractivity (Wildman–Crippen MR) is 76.4 cm³/mol. The molecule has 2 nitrogen and oxygen atoms in total. The fourth-order valence-electron chi connectivity index (χ4n) is 2.57. The Bertz CT molecular complexity index is 231. The van der Waals surface area contributed by atoms with Crippen LogP contribution in [0.3, 0.4) is 0 Å². The molecule has 1 aliphatic rings. The highest BCUT2D eigenvalue weighted by atomic mass is 15.1. The number of hydrogen-bond donors (Lipinski definition) is 1. The lowest BCUT2D eigenvalue weighted by atomic mass is 9.88. The highest BCUT2D eigenvalue weighted by Crippen LogP contribution is 2.24. The Morgan fingerprint density at radius 1 is 1.35 bits per heavy atom. The van der Waals surface area contributed by atoms with E-state index in [1.165, 1.54) is 38.6 Å². The molecule has 0 unspecified atom stereocenters. The van der Waals surface area contributed by atoms with Crippen molar-refractivity contribution in [1.82, 2.24) is 10.2 Å². The van der Waals surface area contributed by atoms with E-state index in [1.807, 2.05) is 0 Å². The summed E-state index contributed by atoms with van der Waals surface area (Å²) in [5.41, 5.74) is 1.66. The molecular weight excluding hydrogens is 208 g/mol. The summed E-state index contributed by atoms with van der Waals surface area (Å²) in [6, 6.07) is 0.660. The van der Waals surface area contributed by atoms with Crippen LogP contribution < -0.4 is 5.32 Å². The molecule has 1 N–H and O–H groups in total. The molecule has 0 heterocycles. The van der Waals surface area contributed by atoms with Gasteiger partial charge in [-0.3, -0.25) is 0 Å². The second kappa shape index (κ2) is 7.88. The molecule has 0 aromatic heterocycles. The Hall–Kier alpha value is -0.340. The van der Waals surface area contributed by atoms with Crippen LogP contribution >= 0.6 is 0 Å². The summed E-state index contributed by atoms with van der Waals surface area (Å²) in [5, 5.41) is 3.74. The molecule has 1 saturated carbocycles. The average Bonchev–Trinajstić information content (AvgIpc) is 2.25. The van der Waals surface area contributed by atoms with E-state index in [2.05, 4.69) is 44.2 Å². The van der Waals surface area contributed by atoms with Crippen LogP contribution in [0.5, 0.6) is 0 Å². The summed E-state index contributed by atoms with van der Waals surface area (Å²) < 4.78 is 0. The van der Waals surface area contributed by atoms with E-state index in [9.17, 15) is 0 Å². The van der Waals surface area contributed by atoms with Crippen LogP contribution in [-0.4, -0.2) is 38.1 Å². The van der Waals surface area contributed by atoms with Gasteiger partial charge in [0.2, 0.25) is 0 Å². The first-order valence-electron chi connectivity index (χ1n) is 7.18. The molecular formula is C15H30N2. The SMILES string of the molecule is CC(C)/C=C1\CCCC[C@H]1NCCCN(C)C. The zero-order chi connectivity index (χ0) is 12.7. The summed E-state index contributed by atoms with van der Waals surface area (Å²) in [5.74, 6) is 0.689. The Balaban J connectivity index is 2.33. The van der Waals surface area contributed by atoms with Gasteiger partial charge in [-0.05, 0) is 58.8 Å². The van der Waals surface area contributed by atoms with Gasteiger partial charge in [-0.1, -0.05) is 31.9 Å². The van der Waals surface area contributed by atoms with Crippen LogP contribution in [-0.2, 0) is 0 Å². The van der Waals surface area contributed by atoms with Crippen LogP contribution in [0.15, 0.2) is 11.6 Å².